The summed E-state index contributed by atoms with van der Waals surface area (Å²) in [6.07, 6.45) is 0. The average Bonchev–Trinajstić information content (AvgIpc) is 3.29. The Hall–Kier alpha value is -3.51. The predicted octanol–water partition coefficient (Wildman–Crippen LogP) is 4.41. The first kappa shape index (κ1) is 21.7. The number of rotatable bonds is 5. The van der Waals surface area contributed by atoms with Crippen molar-refractivity contribution in [2.75, 3.05) is 6.61 Å². The van der Waals surface area contributed by atoms with E-state index in [1.54, 1.807) is 6.92 Å². The Morgan fingerprint density at radius 2 is 1.94 bits per heavy atom. The van der Waals surface area contributed by atoms with Crippen LogP contribution in [0.4, 0.5) is 14.5 Å². The van der Waals surface area contributed by atoms with Crippen LogP contribution >= 0.6 is 22.7 Å². The third kappa shape index (κ3) is 4.14. The van der Waals surface area contributed by atoms with Gasteiger partial charge in [0.15, 0.2) is 10.6 Å². The largest absolute Gasteiger partial charge is 0.465 e. The second kappa shape index (κ2) is 8.55. The lowest BCUT2D eigenvalue weighted by atomic mass is 10.2. The molecule has 0 spiro atoms. The van der Waals surface area contributed by atoms with E-state index < -0.39 is 35.0 Å². The number of carbonyl (C=O) groups excluding carboxylic acids is 2. The van der Waals surface area contributed by atoms with Crippen LogP contribution in [0, 0.1) is 21.7 Å². The van der Waals surface area contributed by atoms with Crippen molar-refractivity contribution in [2.24, 2.45) is 4.99 Å². The fourth-order valence-corrected chi connectivity index (χ4v) is 5.08. The molecule has 0 aliphatic carbocycles. The number of aromatic nitrogens is 1. The zero-order valence-corrected chi connectivity index (χ0v) is 18.0. The molecular weight excluding hydrogens is 464 g/mol. The first-order valence-electron chi connectivity index (χ1n) is 9.18. The maximum Gasteiger partial charge on any atom is 0.326 e. The van der Waals surface area contributed by atoms with Gasteiger partial charge in [0.1, 0.15) is 12.4 Å². The van der Waals surface area contributed by atoms with Gasteiger partial charge in [-0.3, -0.25) is 19.7 Å². The molecule has 0 radical (unpaired) electrons. The Balaban J connectivity index is 1.82. The zero-order valence-electron chi connectivity index (χ0n) is 16.3. The minimum atomic E-state index is -0.899. The van der Waals surface area contributed by atoms with Crippen LogP contribution in [0.15, 0.2) is 41.4 Å². The van der Waals surface area contributed by atoms with Crippen LogP contribution in [-0.4, -0.2) is 28.0 Å². The third-order valence-corrected chi connectivity index (χ3v) is 6.54. The molecule has 2 aromatic carbocycles. The van der Waals surface area contributed by atoms with Crippen molar-refractivity contribution >= 4 is 60.5 Å². The number of benzene rings is 2. The molecule has 2 heterocycles. The van der Waals surface area contributed by atoms with Gasteiger partial charge in [0.05, 0.1) is 26.6 Å². The van der Waals surface area contributed by atoms with Crippen LogP contribution < -0.4 is 4.80 Å². The highest BCUT2D eigenvalue weighted by atomic mass is 32.1. The van der Waals surface area contributed by atoms with Crippen LogP contribution in [0.3, 0.4) is 0 Å². The van der Waals surface area contributed by atoms with Gasteiger partial charge in [-0.15, -0.1) is 11.3 Å². The van der Waals surface area contributed by atoms with Gasteiger partial charge in [-0.05, 0) is 25.1 Å². The van der Waals surface area contributed by atoms with Gasteiger partial charge in [-0.25, -0.2) is 8.78 Å². The van der Waals surface area contributed by atoms with Gasteiger partial charge in [-0.1, -0.05) is 11.3 Å². The molecule has 0 saturated heterocycles. The van der Waals surface area contributed by atoms with Crippen LogP contribution in [0.1, 0.15) is 16.6 Å². The molecule has 0 aliphatic rings. The van der Waals surface area contributed by atoms with Crippen LogP contribution in [0.5, 0.6) is 0 Å². The van der Waals surface area contributed by atoms with Gasteiger partial charge >= 0.3 is 5.97 Å². The Morgan fingerprint density at radius 1 is 1.16 bits per heavy atom. The smallest absolute Gasteiger partial charge is 0.326 e. The van der Waals surface area contributed by atoms with Crippen molar-refractivity contribution in [3.8, 4) is 0 Å². The molecule has 164 valence electrons. The number of non-ortho nitro benzene ring substituents is 1. The van der Waals surface area contributed by atoms with Crippen molar-refractivity contribution in [3.63, 3.8) is 0 Å². The lowest BCUT2D eigenvalue weighted by Crippen LogP contribution is -2.23. The summed E-state index contributed by atoms with van der Waals surface area (Å²) in [6.45, 7) is 1.31. The highest BCUT2D eigenvalue weighted by molar-refractivity contribution is 7.21. The number of carbonyl (C=O) groups is 2. The number of esters is 1. The zero-order chi connectivity index (χ0) is 23.0. The van der Waals surface area contributed by atoms with E-state index in [0.717, 1.165) is 28.7 Å². The van der Waals surface area contributed by atoms with Gasteiger partial charge in [-0.2, -0.15) is 4.99 Å². The predicted molar refractivity (Wildman–Crippen MR) is 115 cm³/mol. The molecule has 8 nitrogen and oxygen atoms in total. The van der Waals surface area contributed by atoms with Crippen molar-refractivity contribution in [1.29, 1.82) is 0 Å². The van der Waals surface area contributed by atoms with E-state index in [4.69, 9.17) is 4.74 Å². The Kier molecular flexibility index (Phi) is 5.80. The number of amides is 1. The van der Waals surface area contributed by atoms with E-state index in [0.29, 0.717) is 16.2 Å². The highest BCUT2D eigenvalue weighted by Crippen LogP contribution is 2.29. The van der Waals surface area contributed by atoms with Gasteiger partial charge in [0, 0.05) is 28.3 Å². The van der Waals surface area contributed by atoms with Gasteiger partial charge in [0.2, 0.25) is 0 Å². The Morgan fingerprint density at radius 3 is 2.66 bits per heavy atom. The molecule has 4 aromatic rings. The van der Waals surface area contributed by atoms with E-state index in [2.05, 4.69) is 4.99 Å². The van der Waals surface area contributed by atoms with Crippen LogP contribution in [0.2, 0.25) is 0 Å². The van der Waals surface area contributed by atoms with E-state index >= 15 is 0 Å². The normalized spacial score (nSPS) is 11.9. The molecule has 2 aromatic heterocycles. The molecular formula is C20H13F2N3O5S2. The number of nitro benzene ring substituents is 1. The minimum absolute atomic E-state index is 0.00834. The summed E-state index contributed by atoms with van der Waals surface area (Å²) in [5.41, 5.74) is -0.177. The maximum absolute atomic E-state index is 14.5. The number of hydrogen-bond acceptors (Lipinski definition) is 7. The summed E-state index contributed by atoms with van der Waals surface area (Å²) in [5.74, 6) is -3.05. The second-order valence-corrected chi connectivity index (χ2v) is 8.61. The molecule has 0 fully saturated rings. The van der Waals surface area contributed by atoms with E-state index in [1.165, 1.54) is 28.8 Å². The van der Waals surface area contributed by atoms with Crippen LogP contribution in [-0.2, 0) is 16.1 Å². The number of ether oxygens (including phenoxy) is 1. The number of nitro groups is 1. The SMILES string of the molecule is CCOC(=O)Cn1c(=NC(=O)c2cc3cc([N+](=O)[O-])ccc3s2)sc2cc(F)cc(F)c21. The number of hydrogen-bond donors (Lipinski definition) is 0. The number of nitrogens with zero attached hydrogens (tertiary/aromatic N) is 3. The molecule has 0 saturated carbocycles. The summed E-state index contributed by atoms with van der Waals surface area (Å²) >= 11 is 1.94. The molecule has 0 bridgehead atoms. The van der Waals surface area contributed by atoms with Crippen molar-refractivity contribution < 1.29 is 28.0 Å². The molecule has 0 unspecified atom stereocenters. The van der Waals surface area contributed by atoms with E-state index in [1.807, 2.05) is 0 Å². The number of thiazole rings is 1. The maximum atomic E-state index is 14.5. The fourth-order valence-electron chi connectivity index (χ4n) is 3.09. The molecule has 0 atom stereocenters. The molecule has 0 aliphatic heterocycles. The molecule has 32 heavy (non-hydrogen) atoms. The minimum Gasteiger partial charge on any atom is -0.465 e. The Bertz CT molecular complexity index is 1470. The standard InChI is InChI=1S/C20H13F2N3O5S2/c1-2-30-17(26)9-24-18-13(22)7-11(21)8-15(18)32-20(24)23-19(27)16-6-10-5-12(25(28)29)3-4-14(10)31-16/h3-8H,2,9H2,1H3. The summed E-state index contributed by atoms with van der Waals surface area (Å²) < 4.78 is 35.1. The summed E-state index contributed by atoms with van der Waals surface area (Å²) in [4.78, 5) is 39.5. The Labute approximate surface area is 186 Å². The van der Waals surface area contributed by atoms with Crippen molar-refractivity contribution in [1.82, 2.24) is 4.57 Å². The topological polar surface area (TPSA) is 104 Å². The molecule has 12 heteroatoms. The number of thiophene rings is 1. The van der Waals surface area contributed by atoms with E-state index in [-0.39, 0.29) is 32.2 Å². The average molecular weight is 477 g/mol. The van der Waals surface area contributed by atoms with Crippen LogP contribution in [0.25, 0.3) is 20.3 Å². The first-order valence-corrected chi connectivity index (χ1v) is 10.8. The lowest BCUT2D eigenvalue weighted by molar-refractivity contribution is -0.384. The van der Waals surface area contributed by atoms with Crippen molar-refractivity contribution in [2.45, 2.75) is 13.5 Å². The molecule has 4 rings (SSSR count). The quantitative estimate of drug-likeness (QED) is 0.241. The van der Waals surface area contributed by atoms with Gasteiger partial charge < -0.3 is 9.30 Å². The fraction of sp³-hybridized carbons (Fsp3) is 0.150. The third-order valence-electron chi connectivity index (χ3n) is 4.41. The number of fused-ring (bicyclic) bond motifs is 2. The first-order chi connectivity index (χ1) is 15.3. The van der Waals surface area contributed by atoms with E-state index in [9.17, 15) is 28.5 Å². The summed E-state index contributed by atoms with van der Waals surface area (Å²) in [5, 5.41) is 11.5. The number of halogens is 2. The molecule has 1 amide bonds. The second-order valence-electron chi connectivity index (χ2n) is 6.52. The lowest BCUT2D eigenvalue weighted by Gasteiger charge is -2.05. The summed E-state index contributed by atoms with van der Waals surface area (Å²) in [6, 6.07) is 7.46. The highest BCUT2D eigenvalue weighted by Gasteiger charge is 2.18. The van der Waals surface area contributed by atoms with Crippen molar-refractivity contribution in [3.05, 3.63) is 67.8 Å². The monoisotopic (exact) mass is 477 g/mol. The van der Waals surface area contributed by atoms with Gasteiger partial charge in [0.25, 0.3) is 11.6 Å². The summed E-state index contributed by atoms with van der Waals surface area (Å²) in [7, 11) is 0. The molecule has 0 N–H and O–H groups in total.